The molecule has 0 bridgehead atoms. The largest absolute Gasteiger partial charge is 0.480 e. The summed E-state index contributed by atoms with van der Waals surface area (Å²) >= 11 is 0. The predicted molar refractivity (Wildman–Crippen MR) is 88.3 cm³/mol. The fraction of sp³-hybridized carbons (Fsp3) is 0.471. The number of benzene rings is 1. The van der Waals surface area contributed by atoms with Crippen molar-refractivity contribution in [1.29, 1.82) is 0 Å². The number of amides is 2. The third kappa shape index (κ3) is 5.39. The topological polar surface area (TPSA) is 95.5 Å². The summed E-state index contributed by atoms with van der Waals surface area (Å²) in [6.45, 7) is 7.35. The van der Waals surface area contributed by atoms with Crippen molar-refractivity contribution in [3.05, 3.63) is 29.8 Å². The molecule has 1 aromatic rings. The molecule has 0 radical (unpaired) electrons. The predicted octanol–water partition coefficient (Wildman–Crippen LogP) is 2.51. The van der Waals surface area contributed by atoms with Gasteiger partial charge >= 0.3 is 5.97 Å². The second kappa shape index (κ2) is 8.31. The summed E-state index contributed by atoms with van der Waals surface area (Å²) in [7, 11) is 0. The zero-order valence-corrected chi connectivity index (χ0v) is 13.9. The maximum Gasteiger partial charge on any atom is 0.325 e. The first-order valence-electron chi connectivity index (χ1n) is 7.70. The van der Waals surface area contributed by atoms with E-state index in [2.05, 4.69) is 10.6 Å². The van der Waals surface area contributed by atoms with E-state index >= 15 is 0 Å². The van der Waals surface area contributed by atoms with Gasteiger partial charge in [-0.3, -0.25) is 14.4 Å². The standard InChI is InChI=1S/C17H24N2O4/c1-5-10(2)11(3)15(20)19-14-8-6-13(7-9-14)16(21)18-12(4)17(22)23/h6-12H,5H2,1-4H3,(H,18,21)(H,19,20)(H,22,23). The van der Waals surface area contributed by atoms with E-state index in [0.29, 0.717) is 11.3 Å². The summed E-state index contributed by atoms with van der Waals surface area (Å²) in [5, 5.41) is 14.0. The van der Waals surface area contributed by atoms with Gasteiger partial charge in [-0.05, 0) is 37.1 Å². The molecule has 3 N–H and O–H groups in total. The summed E-state index contributed by atoms with van der Waals surface area (Å²) in [5.41, 5.74) is 0.944. The number of nitrogens with one attached hydrogen (secondary N) is 2. The van der Waals surface area contributed by atoms with Crippen molar-refractivity contribution >= 4 is 23.5 Å². The number of anilines is 1. The van der Waals surface area contributed by atoms with E-state index in [9.17, 15) is 14.4 Å². The lowest BCUT2D eigenvalue weighted by Gasteiger charge is -2.17. The average molecular weight is 320 g/mol. The van der Waals surface area contributed by atoms with Gasteiger partial charge in [-0.1, -0.05) is 27.2 Å². The van der Waals surface area contributed by atoms with Crippen molar-refractivity contribution in [2.45, 2.75) is 40.2 Å². The molecule has 0 saturated carbocycles. The van der Waals surface area contributed by atoms with Gasteiger partial charge in [-0.15, -0.1) is 0 Å². The molecule has 0 aliphatic carbocycles. The van der Waals surface area contributed by atoms with Gasteiger partial charge in [0.25, 0.3) is 5.91 Å². The number of carbonyl (C=O) groups is 3. The molecule has 0 fully saturated rings. The Bertz CT molecular complexity index is 568. The molecule has 1 aromatic carbocycles. The van der Waals surface area contributed by atoms with E-state index in [0.717, 1.165) is 6.42 Å². The molecule has 0 aliphatic heterocycles. The smallest absolute Gasteiger partial charge is 0.325 e. The maximum atomic E-state index is 12.1. The van der Waals surface area contributed by atoms with E-state index in [1.54, 1.807) is 24.3 Å². The number of carboxylic acids is 1. The molecule has 2 amide bonds. The molecule has 0 aromatic heterocycles. The van der Waals surface area contributed by atoms with Gasteiger partial charge in [-0.25, -0.2) is 0 Å². The van der Waals surface area contributed by atoms with Crippen LogP contribution in [0.15, 0.2) is 24.3 Å². The normalized spacial score (nSPS) is 14.4. The summed E-state index contributed by atoms with van der Waals surface area (Å²) < 4.78 is 0. The van der Waals surface area contributed by atoms with Crippen molar-refractivity contribution in [3.63, 3.8) is 0 Å². The van der Waals surface area contributed by atoms with Crippen LogP contribution in [0.1, 0.15) is 44.5 Å². The first kappa shape index (κ1) is 18.7. The van der Waals surface area contributed by atoms with Crippen molar-refractivity contribution in [2.75, 3.05) is 5.32 Å². The quantitative estimate of drug-likeness (QED) is 0.719. The van der Waals surface area contributed by atoms with Gasteiger partial charge < -0.3 is 15.7 Å². The minimum absolute atomic E-state index is 0.0592. The summed E-state index contributed by atoms with van der Waals surface area (Å²) in [5.74, 6) is -1.43. The molecule has 0 heterocycles. The van der Waals surface area contributed by atoms with Gasteiger partial charge in [0.1, 0.15) is 6.04 Å². The lowest BCUT2D eigenvalue weighted by Crippen LogP contribution is -2.38. The van der Waals surface area contributed by atoms with Crippen LogP contribution in [0.4, 0.5) is 5.69 Å². The SMILES string of the molecule is CCC(C)C(C)C(=O)Nc1ccc(C(=O)NC(C)C(=O)O)cc1. The molecule has 6 heteroatoms. The number of rotatable bonds is 7. The number of carboxylic acid groups (broad SMARTS) is 1. The van der Waals surface area contributed by atoms with Crippen molar-refractivity contribution in [1.82, 2.24) is 5.32 Å². The van der Waals surface area contributed by atoms with Crippen LogP contribution in [0.25, 0.3) is 0 Å². The van der Waals surface area contributed by atoms with Gasteiger partial charge in [0, 0.05) is 17.2 Å². The van der Waals surface area contributed by atoms with Crippen LogP contribution in [-0.2, 0) is 9.59 Å². The van der Waals surface area contributed by atoms with Gasteiger partial charge in [0.15, 0.2) is 0 Å². The van der Waals surface area contributed by atoms with Gasteiger partial charge in [0.05, 0.1) is 0 Å². The van der Waals surface area contributed by atoms with E-state index in [1.807, 2.05) is 20.8 Å². The highest BCUT2D eigenvalue weighted by Gasteiger charge is 2.19. The van der Waals surface area contributed by atoms with E-state index < -0.39 is 17.9 Å². The number of hydrogen-bond donors (Lipinski definition) is 3. The van der Waals surface area contributed by atoms with Gasteiger partial charge in [-0.2, -0.15) is 0 Å². The molecular weight excluding hydrogens is 296 g/mol. The average Bonchev–Trinajstić information content (AvgIpc) is 2.53. The molecule has 126 valence electrons. The van der Waals surface area contributed by atoms with Crippen LogP contribution in [0.2, 0.25) is 0 Å². The Morgan fingerprint density at radius 2 is 1.65 bits per heavy atom. The minimum atomic E-state index is -1.10. The Labute approximate surface area is 136 Å². The van der Waals surface area contributed by atoms with Crippen LogP contribution >= 0.6 is 0 Å². The van der Waals surface area contributed by atoms with Crippen molar-refractivity contribution < 1.29 is 19.5 Å². The third-order valence-electron chi connectivity index (χ3n) is 4.04. The number of hydrogen-bond acceptors (Lipinski definition) is 3. The maximum absolute atomic E-state index is 12.1. The Balaban J connectivity index is 2.68. The highest BCUT2D eigenvalue weighted by atomic mass is 16.4. The zero-order valence-electron chi connectivity index (χ0n) is 13.9. The molecule has 1 rings (SSSR count). The fourth-order valence-electron chi connectivity index (χ4n) is 1.91. The molecule has 0 aliphatic rings. The monoisotopic (exact) mass is 320 g/mol. The van der Waals surface area contributed by atoms with Crippen LogP contribution in [0.5, 0.6) is 0 Å². The van der Waals surface area contributed by atoms with E-state index in [1.165, 1.54) is 6.92 Å². The first-order valence-corrected chi connectivity index (χ1v) is 7.70. The fourth-order valence-corrected chi connectivity index (χ4v) is 1.91. The second-order valence-corrected chi connectivity index (χ2v) is 5.77. The molecule has 0 saturated heterocycles. The second-order valence-electron chi connectivity index (χ2n) is 5.77. The van der Waals surface area contributed by atoms with E-state index in [4.69, 9.17) is 5.11 Å². The molecule has 3 atom stereocenters. The number of aliphatic carboxylic acids is 1. The summed E-state index contributed by atoms with van der Waals surface area (Å²) in [6.07, 6.45) is 0.926. The zero-order chi connectivity index (χ0) is 17.6. The van der Waals surface area contributed by atoms with Gasteiger partial charge in [0.2, 0.25) is 5.91 Å². The van der Waals surface area contributed by atoms with Crippen LogP contribution in [-0.4, -0.2) is 28.9 Å². The van der Waals surface area contributed by atoms with E-state index in [-0.39, 0.29) is 17.7 Å². The molecule has 6 nitrogen and oxygen atoms in total. The molecule has 0 spiro atoms. The van der Waals surface area contributed by atoms with Crippen LogP contribution in [0.3, 0.4) is 0 Å². The Morgan fingerprint density at radius 3 is 2.13 bits per heavy atom. The number of carbonyl (C=O) groups excluding carboxylic acids is 2. The van der Waals surface area contributed by atoms with Crippen molar-refractivity contribution in [3.8, 4) is 0 Å². The van der Waals surface area contributed by atoms with Crippen molar-refractivity contribution in [2.24, 2.45) is 11.8 Å². The Hall–Kier alpha value is -2.37. The summed E-state index contributed by atoms with van der Waals surface area (Å²) in [4.78, 5) is 34.7. The summed E-state index contributed by atoms with van der Waals surface area (Å²) in [6, 6.07) is 5.39. The molecule has 23 heavy (non-hydrogen) atoms. The lowest BCUT2D eigenvalue weighted by atomic mass is 9.93. The van der Waals surface area contributed by atoms with Crippen LogP contribution < -0.4 is 10.6 Å². The molecular formula is C17H24N2O4. The third-order valence-corrected chi connectivity index (χ3v) is 4.04. The Morgan fingerprint density at radius 1 is 1.09 bits per heavy atom. The minimum Gasteiger partial charge on any atom is -0.480 e. The lowest BCUT2D eigenvalue weighted by molar-refractivity contribution is -0.138. The highest BCUT2D eigenvalue weighted by Crippen LogP contribution is 2.17. The highest BCUT2D eigenvalue weighted by molar-refractivity contribution is 5.97. The van der Waals surface area contributed by atoms with Crippen LogP contribution in [0, 0.1) is 11.8 Å². The first-order chi connectivity index (χ1) is 10.8. The Kier molecular flexibility index (Phi) is 6.75. The molecule has 3 unspecified atom stereocenters.